The molecule has 7 heteroatoms. The molecule has 4 heterocycles. The van der Waals surface area contributed by atoms with Crippen molar-refractivity contribution in [1.82, 2.24) is 9.55 Å². The van der Waals surface area contributed by atoms with Gasteiger partial charge in [0.25, 0.3) is 5.56 Å². The molecule has 0 radical (unpaired) electrons. The van der Waals surface area contributed by atoms with Crippen LogP contribution < -0.4 is 5.56 Å². The smallest absolute Gasteiger partial charge is 0.340 e. The van der Waals surface area contributed by atoms with Gasteiger partial charge in [0, 0.05) is 16.7 Å². The number of allylic oxidation sites excluding steroid dienone is 2. The lowest BCUT2D eigenvalue weighted by atomic mass is 9.83. The van der Waals surface area contributed by atoms with Gasteiger partial charge in [-0.15, -0.1) is 0 Å². The first-order chi connectivity index (χ1) is 14.0. The van der Waals surface area contributed by atoms with E-state index in [4.69, 9.17) is 9.72 Å². The number of hydrogen-bond donors (Lipinski definition) is 1. The highest BCUT2D eigenvalue weighted by Gasteiger charge is 2.35. The number of cyclic esters (lactones) is 1. The van der Waals surface area contributed by atoms with Crippen molar-refractivity contribution in [3.63, 3.8) is 0 Å². The van der Waals surface area contributed by atoms with Crippen molar-refractivity contribution in [3.05, 3.63) is 62.3 Å². The fraction of sp³-hybridized carbons (Fsp3) is 0.318. The standard InChI is InChI=1S/C22H19FN2O4/c1-2-11-4-3-5-12-14-9-25-17(19(14)24-16(6-7-23)18(11)12)8-13-15(21(25)27)10-29-22(28)20(13)26/h2,6-8,20,26H,3-5,9-10H2,1H3/b7-6+,11-2+/t20-/m0/s1. The number of aliphatic hydroxyl groups is 1. The number of aromatic nitrogens is 2. The second-order valence-corrected chi connectivity index (χ2v) is 7.50. The molecule has 0 bridgehead atoms. The van der Waals surface area contributed by atoms with Crippen LogP contribution >= 0.6 is 0 Å². The number of fused-ring (bicyclic) bond motifs is 6. The van der Waals surface area contributed by atoms with Crippen LogP contribution in [0.1, 0.15) is 59.4 Å². The summed E-state index contributed by atoms with van der Waals surface area (Å²) in [6, 6.07) is 1.65. The Bertz CT molecular complexity index is 1190. The summed E-state index contributed by atoms with van der Waals surface area (Å²) in [5.74, 6) is -0.766. The van der Waals surface area contributed by atoms with Crippen LogP contribution in [0.2, 0.25) is 0 Å². The number of esters is 1. The largest absolute Gasteiger partial charge is 0.458 e. The monoisotopic (exact) mass is 394 g/mol. The van der Waals surface area contributed by atoms with Gasteiger partial charge >= 0.3 is 5.97 Å². The Morgan fingerprint density at radius 3 is 2.86 bits per heavy atom. The van der Waals surface area contributed by atoms with E-state index in [9.17, 15) is 19.1 Å². The molecule has 3 aliphatic rings. The van der Waals surface area contributed by atoms with Gasteiger partial charge in [-0.05, 0) is 49.5 Å². The summed E-state index contributed by atoms with van der Waals surface area (Å²) in [4.78, 5) is 29.5. The summed E-state index contributed by atoms with van der Waals surface area (Å²) in [6.45, 7) is 2.18. The zero-order valence-electron chi connectivity index (χ0n) is 15.9. The average Bonchev–Trinajstić information content (AvgIpc) is 3.10. The maximum Gasteiger partial charge on any atom is 0.340 e. The van der Waals surface area contributed by atoms with Crippen LogP contribution in [0.3, 0.4) is 0 Å². The second-order valence-electron chi connectivity index (χ2n) is 7.50. The van der Waals surface area contributed by atoms with Gasteiger partial charge < -0.3 is 14.4 Å². The summed E-state index contributed by atoms with van der Waals surface area (Å²) in [5, 5.41) is 10.2. The molecule has 29 heavy (non-hydrogen) atoms. The molecule has 1 atom stereocenters. The minimum Gasteiger partial charge on any atom is -0.458 e. The first kappa shape index (κ1) is 18.0. The van der Waals surface area contributed by atoms with Crippen molar-refractivity contribution in [2.75, 3.05) is 0 Å². The fourth-order valence-electron chi connectivity index (χ4n) is 4.72. The molecule has 1 N–H and O–H groups in total. The van der Waals surface area contributed by atoms with Crippen molar-refractivity contribution < 1.29 is 19.0 Å². The minimum atomic E-state index is -1.49. The third kappa shape index (κ3) is 2.47. The number of pyridine rings is 2. The predicted octanol–water partition coefficient (Wildman–Crippen LogP) is 3.04. The average molecular weight is 394 g/mol. The summed E-state index contributed by atoms with van der Waals surface area (Å²) in [7, 11) is 0. The van der Waals surface area contributed by atoms with Crippen molar-refractivity contribution in [2.45, 2.75) is 45.4 Å². The molecule has 0 saturated carbocycles. The van der Waals surface area contributed by atoms with Crippen LogP contribution in [0.5, 0.6) is 0 Å². The van der Waals surface area contributed by atoms with E-state index >= 15 is 0 Å². The number of rotatable bonds is 1. The maximum absolute atomic E-state index is 13.1. The second kappa shape index (κ2) is 6.49. The van der Waals surface area contributed by atoms with Crippen LogP contribution in [0.25, 0.3) is 23.0 Å². The molecular formula is C22H19FN2O4. The molecule has 0 spiro atoms. The van der Waals surface area contributed by atoms with Gasteiger partial charge in [-0.25, -0.2) is 14.2 Å². The highest BCUT2D eigenvalue weighted by atomic mass is 19.1. The Kier molecular flexibility index (Phi) is 4.03. The molecule has 2 aliphatic heterocycles. The number of carbonyl (C=O) groups excluding carboxylic acids is 1. The number of hydrogen-bond acceptors (Lipinski definition) is 5. The van der Waals surface area contributed by atoms with Gasteiger partial charge in [0.05, 0.1) is 35.5 Å². The molecule has 2 aromatic heterocycles. The van der Waals surface area contributed by atoms with E-state index in [1.165, 1.54) is 6.08 Å². The molecular weight excluding hydrogens is 375 g/mol. The Hall–Kier alpha value is -3.06. The quantitative estimate of drug-likeness (QED) is 0.642. The van der Waals surface area contributed by atoms with Crippen molar-refractivity contribution in [1.29, 1.82) is 0 Å². The van der Waals surface area contributed by atoms with E-state index in [0.29, 0.717) is 35.5 Å². The molecule has 2 aromatic rings. The van der Waals surface area contributed by atoms with Gasteiger partial charge in [-0.2, -0.15) is 0 Å². The van der Waals surface area contributed by atoms with Crippen LogP contribution in [0, 0.1) is 0 Å². The molecule has 1 aliphatic carbocycles. The first-order valence-corrected chi connectivity index (χ1v) is 9.65. The summed E-state index contributed by atoms with van der Waals surface area (Å²) in [6.07, 6.45) is 5.09. The highest BCUT2D eigenvalue weighted by Crippen LogP contribution is 2.42. The van der Waals surface area contributed by atoms with E-state index in [1.54, 1.807) is 10.6 Å². The predicted molar refractivity (Wildman–Crippen MR) is 105 cm³/mol. The Labute approximate surface area is 166 Å². The Morgan fingerprint density at radius 1 is 1.28 bits per heavy atom. The van der Waals surface area contributed by atoms with Gasteiger partial charge in [0.2, 0.25) is 0 Å². The minimum absolute atomic E-state index is 0.148. The molecule has 0 saturated heterocycles. The van der Waals surface area contributed by atoms with Crippen molar-refractivity contribution in [3.8, 4) is 11.4 Å². The number of aliphatic hydroxyl groups excluding tert-OH is 1. The zero-order valence-corrected chi connectivity index (χ0v) is 15.9. The molecule has 0 unspecified atom stereocenters. The molecule has 0 fully saturated rings. The zero-order chi connectivity index (χ0) is 20.3. The molecule has 0 amide bonds. The normalized spacial score (nSPS) is 21.0. The summed E-state index contributed by atoms with van der Waals surface area (Å²) in [5.41, 5.74) is 6.09. The first-order valence-electron chi connectivity index (χ1n) is 9.65. The lowest BCUT2D eigenvalue weighted by Gasteiger charge is -2.23. The van der Waals surface area contributed by atoms with Gasteiger partial charge in [-0.1, -0.05) is 6.08 Å². The van der Waals surface area contributed by atoms with Crippen LogP contribution in [-0.4, -0.2) is 20.6 Å². The summed E-state index contributed by atoms with van der Waals surface area (Å²) >= 11 is 0. The Morgan fingerprint density at radius 2 is 2.10 bits per heavy atom. The van der Waals surface area contributed by atoms with E-state index < -0.39 is 12.1 Å². The SMILES string of the molecule is C/C=C1\CCCc2c3c(nc(/C=C/F)c21)-c1cc2c(c(=O)n1C3)COC(=O)[C@H]2O. The molecule has 0 aromatic carbocycles. The summed E-state index contributed by atoms with van der Waals surface area (Å²) < 4.78 is 19.7. The number of ether oxygens (including phenoxy) is 1. The molecule has 5 rings (SSSR count). The third-order valence-corrected chi connectivity index (χ3v) is 6.07. The van der Waals surface area contributed by atoms with Crippen LogP contribution in [-0.2, 0) is 29.1 Å². The third-order valence-electron chi connectivity index (χ3n) is 6.07. The lowest BCUT2D eigenvalue weighted by molar-refractivity contribution is -0.157. The molecule has 6 nitrogen and oxygen atoms in total. The van der Waals surface area contributed by atoms with E-state index in [-0.39, 0.29) is 17.7 Å². The van der Waals surface area contributed by atoms with Gasteiger partial charge in [-0.3, -0.25) is 4.79 Å². The van der Waals surface area contributed by atoms with Crippen molar-refractivity contribution >= 4 is 17.6 Å². The van der Waals surface area contributed by atoms with Gasteiger partial charge in [0.15, 0.2) is 6.10 Å². The number of carbonyl (C=O) groups is 1. The Balaban J connectivity index is 1.80. The topological polar surface area (TPSA) is 81.4 Å². The van der Waals surface area contributed by atoms with Gasteiger partial charge in [0.1, 0.15) is 6.61 Å². The van der Waals surface area contributed by atoms with Crippen molar-refractivity contribution in [2.24, 2.45) is 0 Å². The van der Waals surface area contributed by atoms with E-state index in [1.807, 2.05) is 13.0 Å². The van der Waals surface area contributed by atoms with Crippen LogP contribution in [0.4, 0.5) is 4.39 Å². The molecule has 148 valence electrons. The maximum atomic E-state index is 13.1. The van der Waals surface area contributed by atoms with E-state index in [2.05, 4.69) is 0 Å². The number of nitrogens with zero attached hydrogens (tertiary/aromatic N) is 2. The van der Waals surface area contributed by atoms with Crippen LogP contribution in [0.15, 0.2) is 23.3 Å². The fourth-order valence-corrected chi connectivity index (χ4v) is 4.72. The van der Waals surface area contributed by atoms with E-state index in [0.717, 1.165) is 41.5 Å². The number of halogens is 1. The highest BCUT2D eigenvalue weighted by molar-refractivity contribution is 5.83. The lowest BCUT2D eigenvalue weighted by Crippen LogP contribution is -2.32.